The zero-order valence-electron chi connectivity index (χ0n) is 12.3. The maximum absolute atomic E-state index is 13.0. The van der Waals surface area contributed by atoms with Crippen molar-refractivity contribution in [3.05, 3.63) is 29.3 Å². The van der Waals surface area contributed by atoms with Crippen molar-refractivity contribution in [3.63, 3.8) is 0 Å². The fourth-order valence-corrected chi connectivity index (χ4v) is 2.72. The minimum atomic E-state index is -4.49. The van der Waals surface area contributed by atoms with E-state index in [9.17, 15) is 13.2 Å². The smallest absolute Gasteiger partial charge is 0.371 e. The minimum absolute atomic E-state index is 0.288. The number of anilines is 1. The molecule has 1 aromatic rings. The van der Waals surface area contributed by atoms with Crippen molar-refractivity contribution in [2.75, 3.05) is 18.0 Å². The molecule has 0 saturated carbocycles. The van der Waals surface area contributed by atoms with Gasteiger partial charge in [-0.05, 0) is 36.5 Å². The Balaban J connectivity index is 2.25. The van der Waals surface area contributed by atoms with Crippen LogP contribution in [-0.4, -0.2) is 13.1 Å². The first-order valence-electron chi connectivity index (χ1n) is 7.15. The van der Waals surface area contributed by atoms with Gasteiger partial charge in [-0.25, -0.2) is 0 Å². The van der Waals surface area contributed by atoms with Gasteiger partial charge in [-0.2, -0.15) is 18.4 Å². The van der Waals surface area contributed by atoms with Crippen LogP contribution in [0.25, 0.3) is 0 Å². The molecule has 2 rings (SSSR count). The number of piperidine rings is 1. The van der Waals surface area contributed by atoms with E-state index in [0.717, 1.165) is 38.4 Å². The number of halogens is 3. The van der Waals surface area contributed by atoms with E-state index in [1.165, 1.54) is 6.07 Å². The van der Waals surface area contributed by atoms with Crippen molar-refractivity contribution in [1.82, 2.24) is 0 Å². The van der Waals surface area contributed by atoms with Crippen LogP contribution >= 0.6 is 0 Å². The van der Waals surface area contributed by atoms with E-state index in [1.807, 2.05) is 4.90 Å². The molecule has 1 aliphatic rings. The predicted molar refractivity (Wildman–Crippen MR) is 76.0 cm³/mol. The van der Waals surface area contributed by atoms with Crippen LogP contribution in [0.5, 0.6) is 0 Å². The van der Waals surface area contributed by atoms with Gasteiger partial charge in [0.25, 0.3) is 0 Å². The minimum Gasteiger partial charge on any atom is -0.371 e. The lowest BCUT2D eigenvalue weighted by molar-refractivity contribution is -0.137. The summed E-state index contributed by atoms with van der Waals surface area (Å²) in [6, 6.07) is 5.60. The van der Waals surface area contributed by atoms with Gasteiger partial charge in [0.2, 0.25) is 0 Å². The van der Waals surface area contributed by atoms with Crippen LogP contribution < -0.4 is 4.90 Å². The molecule has 0 unspecified atom stereocenters. The Morgan fingerprint density at radius 2 is 1.90 bits per heavy atom. The molecule has 0 amide bonds. The van der Waals surface area contributed by atoms with Gasteiger partial charge in [0, 0.05) is 18.8 Å². The first-order chi connectivity index (χ1) is 9.79. The zero-order valence-corrected chi connectivity index (χ0v) is 12.3. The second kappa shape index (κ2) is 5.59. The zero-order chi connectivity index (χ0) is 15.7. The number of rotatable bonds is 2. The molecule has 0 spiro atoms. The highest BCUT2D eigenvalue weighted by Crippen LogP contribution is 2.38. The van der Waals surface area contributed by atoms with Crippen LogP contribution in [0.2, 0.25) is 0 Å². The van der Waals surface area contributed by atoms with Crippen LogP contribution in [-0.2, 0) is 6.18 Å². The standard InChI is InChI=1S/C16H19F3N2/c1-3-15(2)6-8-21(9-7-15)13-5-4-12(11-20)14(10-13)16(17,18)19/h4-5,10H,3,6-9H2,1-2H3. The highest BCUT2D eigenvalue weighted by Gasteiger charge is 2.35. The summed E-state index contributed by atoms with van der Waals surface area (Å²) in [4.78, 5) is 1.98. The van der Waals surface area contributed by atoms with Crippen LogP contribution in [0.3, 0.4) is 0 Å². The summed E-state index contributed by atoms with van der Waals surface area (Å²) in [5.41, 5.74) is -0.317. The quantitative estimate of drug-likeness (QED) is 0.798. The van der Waals surface area contributed by atoms with Gasteiger partial charge < -0.3 is 4.90 Å². The van der Waals surface area contributed by atoms with Crippen molar-refractivity contribution >= 4 is 5.69 Å². The Bertz CT molecular complexity index is 550. The maximum Gasteiger partial charge on any atom is 0.417 e. The predicted octanol–water partition coefficient (Wildman–Crippen LogP) is 4.59. The molecule has 0 N–H and O–H groups in total. The lowest BCUT2D eigenvalue weighted by atomic mass is 9.78. The van der Waals surface area contributed by atoms with E-state index >= 15 is 0 Å². The fourth-order valence-electron chi connectivity index (χ4n) is 2.72. The average molecular weight is 296 g/mol. The van der Waals surface area contributed by atoms with Crippen molar-refractivity contribution in [2.45, 2.75) is 39.3 Å². The molecule has 1 fully saturated rings. The molecule has 114 valence electrons. The summed E-state index contributed by atoms with van der Waals surface area (Å²) in [5, 5.41) is 8.82. The van der Waals surface area contributed by atoms with Gasteiger partial charge >= 0.3 is 6.18 Å². The van der Waals surface area contributed by atoms with E-state index in [4.69, 9.17) is 5.26 Å². The first-order valence-corrected chi connectivity index (χ1v) is 7.15. The number of hydrogen-bond donors (Lipinski definition) is 0. The second-order valence-corrected chi connectivity index (χ2v) is 5.99. The third kappa shape index (κ3) is 3.31. The molecule has 0 aromatic heterocycles. The van der Waals surface area contributed by atoms with E-state index in [1.54, 1.807) is 12.1 Å². The van der Waals surface area contributed by atoms with Crippen molar-refractivity contribution < 1.29 is 13.2 Å². The van der Waals surface area contributed by atoms with Crippen LogP contribution in [0.1, 0.15) is 44.2 Å². The monoisotopic (exact) mass is 296 g/mol. The van der Waals surface area contributed by atoms with Crippen LogP contribution in [0, 0.1) is 16.7 Å². The second-order valence-electron chi connectivity index (χ2n) is 5.99. The van der Waals surface area contributed by atoms with Gasteiger partial charge in [-0.15, -0.1) is 0 Å². The van der Waals surface area contributed by atoms with E-state index < -0.39 is 11.7 Å². The van der Waals surface area contributed by atoms with Crippen molar-refractivity contribution in [1.29, 1.82) is 5.26 Å². The molecular formula is C16H19F3N2. The molecule has 1 aromatic carbocycles. The topological polar surface area (TPSA) is 27.0 Å². The Morgan fingerprint density at radius 3 is 2.38 bits per heavy atom. The Hall–Kier alpha value is -1.70. The lowest BCUT2D eigenvalue weighted by Gasteiger charge is -2.40. The molecule has 5 heteroatoms. The molecule has 2 nitrogen and oxygen atoms in total. The number of hydrogen-bond acceptors (Lipinski definition) is 2. The number of nitriles is 1. The highest BCUT2D eigenvalue weighted by molar-refractivity contribution is 5.55. The Morgan fingerprint density at radius 1 is 1.29 bits per heavy atom. The summed E-state index contributed by atoms with van der Waals surface area (Å²) in [6.07, 6.45) is -1.45. The average Bonchev–Trinajstić information content (AvgIpc) is 2.46. The van der Waals surface area contributed by atoms with E-state index in [-0.39, 0.29) is 11.0 Å². The van der Waals surface area contributed by atoms with Gasteiger partial charge in [-0.1, -0.05) is 20.3 Å². The molecule has 1 saturated heterocycles. The van der Waals surface area contributed by atoms with Gasteiger partial charge in [0.1, 0.15) is 0 Å². The SMILES string of the molecule is CCC1(C)CCN(c2ccc(C#N)c(C(F)(F)F)c2)CC1. The highest BCUT2D eigenvalue weighted by atomic mass is 19.4. The Labute approximate surface area is 123 Å². The summed E-state index contributed by atoms with van der Waals surface area (Å²) >= 11 is 0. The van der Waals surface area contributed by atoms with Crippen molar-refractivity contribution in [3.8, 4) is 6.07 Å². The third-order valence-corrected chi connectivity index (χ3v) is 4.62. The van der Waals surface area contributed by atoms with Crippen LogP contribution in [0.4, 0.5) is 18.9 Å². The van der Waals surface area contributed by atoms with Gasteiger partial charge in [0.05, 0.1) is 17.2 Å². The number of benzene rings is 1. The lowest BCUT2D eigenvalue weighted by Crippen LogP contribution is -2.38. The summed E-state index contributed by atoms with van der Waals surface area (Å²) in [7, 11) is 0. The van der Waals surface area contributed by atoms with Crippen LogP contribution in [0.15, 0.2) is 18.2 Å². The summed E-state index contributed by atoms with van der Waals surface area (Å²) in [6.45, 7) is 5.89. The number of nitrogens with zero attached hydrogens (tertiary/aromatic N) is 2. The summed E-state index contributed by atoms with van der Waals surface area (Å²) in [5.74, 6) is 0. The molecule has 0 radical (unpaired) electrons. The molecule has 0 atom stereocenters. The largest absolute Gasteiger partial charge is 0.417 e. The molecule has 1 heterocycles. The molecular weight excluding hydrogens is 277 g/mol. The van der Waals surface area contributed by atoms with Gasteiger partial charge in [0.15, 0.2) is 0 Å². The Kier molecular flexibility index (Phi) is 4.18. The van der Waals surface area contributed by atoms with E-state index in [0.29, 0.717) is 5.69 Å². The maximum atomic E-state index is 13.0. The normalized spacial score (nSPS) is 18.4. The molecule has 1 aliphatic heterocycles. The molecule has 0 aliphatic carbocycles. The number of alkyl halides is 3. The first kappa shape index (κ1) is 15.7. The molecule has 0 bridgehead atoms. The summed E-state index contributed by atoms with van der Waals surface area (Å²) < 4.78 is 39.0. The van der Waals surface area contributed by atoms with Gasteiger partial charge in [-0.3, -0.25) is 0 Å². The molecule has 21 heavy (non-hydrogen) atoms. The van der Waals surface area contributed by atoms with Crippen molar-refractivity contribution in [2.24, 2.45) is 5.41 Å². The third-order valence-electron chi connectivity index (χ3n) is 4.62. The van der Waals surface area contributed by atoms with E-state index in [2.05, 4.69) is 13.8 Å². The fraction of sp³-hybridized carbons (Fsp3) is 0.562.